The minimum absolute atomic E-state index is 0.676. The molecule has 3 rings (SSSR count). The number of ether oxygens (including phenoxy) is 2. The average Bonchev–Trinajstić information content (AvgIpc) is 3.15. The van der Waals surface area contributed by atoms with Gasteiger partial charge in [0.15, 0.2) is 11.5 Å². The fourth-order valence-electron chi connectivity index (χ4n) is 2.32. The number of aromatic nitrogens is 1. The molecule has 3 aromatic rings. The highest BCUT2D eigenvalue weighted by atomic mass is 32.1. The Bertz CT molecular complexity index is 875. The average molecular weight is 353 g/mol. The molecule has 1 N–H and O–H groups in total. The largest absolute Gasteiger partial charge is 0.493 e. The zero-order valence-electron chi connectivity index (χ0n) is 14.3. The number of thiazole rings is 1. The first-order valence-electron chi connectivity index (χ1n) is 7.75. The van der Waals surface area contributed by atoms with Crippen molar-refractivity contribution in [3.63, 3.8) is 0 Å². The second-order valence-corrected chi connectivity index (χ2v) is 6.14. The van der Waals surface area contributed by atoms with E-state index in [0.717, 1.165) is 27.7 Å². The van der Waals surface area contributed by atoms with E-state index in [0.29, 0.717) is 11.5 Å². The Morgan fingerprint density at radius 2 is 1.80 bits per heavy atom. The maximum Gasteiger partial charge on any atom is 0.203 e. The molecule has 0 fully saturated rings. The molecule has 25 heavy (non-hydrogen) atoms. The van der Waals surface area contributed by atoms with Crippen LogP contribution in [0.3, 0.4) is 0 Å². The van der Waals surface area contributed by atoms with E-state index in [1.165, 1.54) is 11.3 Å². The lowest BCUT2D eigenvalue weighted by molar-refractivity contribution is 0.355. The molecule has 1 heterocycles. The number of nitrogens with zero attached hydrogens (tertiary/aromatic N) is 2. The number of hydrogen-bond donors (Lipinski definition) is 1. The Hall–Kier alpha value is -2.86. The highest BCUT2D eigenvalue weighted by Gasteiger charge is 2.07. The molecule has 0 radical (unpaired) electrons. The molecule has 0 atom stereocenters. The minimum atomic E-state index is 0.676. The number of hydrogen-bond acceptors (Lipinski definition) is 6. The van der Waals surface area contributed by atoms with Crippen LogP contribution in [0.2, 0.25) is 0 Å². The zero-order chi connectivity index (χ0) is 17.6. The van der Waals surface area contributed by atoms with Crippen molar-refractivity contribution in [2.75, 3.05) is 19.6 Å². The summed E-state index contributed by atoms with van der Waals surface area (Å²) in [5.74, 6) is 1.37. The topological polar surface area (TPSA) is 55.7 Å². The summed E-state index contributed by atoms with van der Waals surface area (Å²) in [5, 5.41) is 7.18. The van der Waals surface area contributed by atoms with Crippen molar-refractivity contribution in [1.29, 1.82) is 0 Å². The van der Waals surface area contributed by atoms with Crippen LogP contribution in [0.1, 0.15) is 12.5 Å². The van der Waals surface area contributed by atoms with Crippen molar-refractivity contribution in [1.82, 2.24) is 4.98 Å². The Balaban J connectivity index is 1.75. The van der Waals surface area contributed by atoms with Crippen molar-refractivity contribution in [3.8, 4) is 22.8 Å². The first-order valence-corrected chi connectivity index (χ1v) is 8.63. The summed E-state index contributed by atoms with van der Waals surface area (Å²) in [5.41, 5.74) is 6.83. The quantitative estimate of drug-likeness (QED) is 0.517. The molecule has 1 aromatic heterocycles. The fraction of sp³-hybridized carbons (Fsp3) is 0.158. The van der Waals surface area contributed by atoms with E-state index in [-0.39, 0.29) is 0 Å². The molecule has 0 spiro atoms. The van der Waals surface area contributed by atoms with Crippen LogP contribution in [0.4, 0.5) is 5.13 Å². The first kappa shape index (κ1) is 17.0. The second-order valence-electron chi connectivity index (χ2n) is 5.28. The van der Waals surface area contributed by atoms with Crippen LogP contribution in [0.5, 0.6) is 11.5 Å². The van der Waals surface area contributed by atoms with E-state index in [4.69, 9.17) is 9.47 Å². The monoisotopic (exact) mass is 353 g/mol. The van der Waals surface area contributed by atoms with E-state index >= 15 is 0 Å². The molecule has 0 saturated carbocycles. The van der Waals surface area contributed by atoms with Gasteiger partial charge in [-0.15, -0.1) is 11.3 Å². The first-order chi connectivity index (χ1) is 12.2. The van der Waals surface area contributed by atoms with Gasteiger partial charge in [0.2, 0.25) is 5.13 Å². The minimum Gasteiger partial charge on any atom is -0.493 e. The van der Waals surface area contributed by atoms with Crippen LogP contribution in [-0.4, -0.2) is 24.9 Å². The number of anilines is 1. The van der Waals surface area contributed by atoms with Crippen molar-refractivity contribution >= 4 is 22.2 Å². The van der Waals surface area contributed by atoms with Crippen molar-refractivity contribution in [3.05, 3.63) is 59.5 Å². The predicted octanol–water partition coefficient (Wildman–Crippen LogP) is 4.66. The summed E-state index contributed by atoms with van der Waals surface area (Å²) >= 11 is 1.52. The van der Waals surface area contributed by atoms with Gasteiger partial charge in [-0.3, -0.25) is 5.43 Å². The lowest BCUT2D eigenvalue weighted by Gasteiger charge is -2.09. The lowest BCUT2D eigenvalue weighted by Crippen LogP contribution is -2.01. The molecule has 0 saturated heterocycles. The summed E-state index contributed by atoms with van der Waals surface area (Å²) in [7, 11) is 3.24. The third kappa shape index (κ3) is 3.97. The lowest BCUT2D eigenvalue weighted by atomic mass is 10.1. The summed E-state index contributed by atoms with van der Waals surface area (Å²) < 4.78 is 10.6. The summed E-state index contributed by atoms with van der Waals surface area (Å²) in [6.45, 7) is 1.93. The van der Waals surface area contributed by atoms with Crippen molar-refractivity contribution in [2.24, 2.45) is 5.10 Å². The smallest absolute Gasteiger partial charge is 0.203 e. The van der Waals surface area contributed by atoms with Gasteiger partial charge < -0.3 is 9.47 Å². The van der Waals surface area contributed by atoms with E-state index in [9.17, 15) is 0 Å². The van der Waals surface area contributed by atoms with Crippen molar-refractivity contribution in [2.45, 2.75) is 6.92 Å². The van der Waals surface area contributed by atoms with Gasteiger partial charge in [0.1, 0.15) is 0 Å². The SMILES string of the molecule is COc1ccc(/C(C)=N\Nc2nc(-c3ccccc3)cs2)cc1OC. The summed E-state index contributed by atoms with van der Waals surface area (Å²) in [4.78, 5) is 4.56. The van der Waals surface area contributed by atoms with Gasteiger partial charge >= 0.3 is 0 Å². The zero-order valence-corrected chi connectivity index (χ0v) is 15.1. The molecule has 0 bridgehead atoms. The summed E-state index contributed by atoms with van der Waals surface area (Å²) in [6, 6.07) is 15.8. The normalized spacial score (nSPS) is 11.2. The Labute approximate surface area is 151 Å². The van der Waals surface area contributed by atoms with Crippen LogP contribution < -0.4 is 14.9 Å². The molecule has 0 aliphatic rings. The Morgan fingerprint density at radius 1 is 1.04 bits per heavy atom. The Kier molecular flexibility index (Phi) is 5.30. The maximum atomic E-state index is 5.33. The van der Waals surface area contributed by atoms with Gasteiger partial charge in [-0.2, -0.15) is 5.10 Å². The highest BCUT2D eigenvalue weighted by Crippen LogP contribution is 2.28. The third-order valence-electron chi connectivity index (χ3n) is 3.69. The Morgan fingerprint density at radius 3 is 2.52 bits per heavy atom. The van der Waals surface area contributed by atoms with Gasteiger partial charge in [-0.1, -0.05) is 30.3 Å². The number of methoxy groups -OCH3 is 2. The molecule has 6 heteroatoms. The van der Waals surface area contributed by atoms with Crippen LogP contribution in [-0.2, 0) is 0 Å². The fourth-order valence-corrected chi connectivity index (χ4v) is 2.99. The molecule has 0 amide bonds. The molecular weight excluding hydrogens is 334 g/mol. The number of rotatable bonds is 6. The molecule has 5 nitrogen and oxygen atoms in total. The molecular formula is C19H19N3O2S. The molecule has 2 aromatic carbocycles. The van der Waals surface area contributed by atoms with Crippen LogP contribution in [0, 0.1) is 0 Å². The summed E-state index contributed by atoms with van der Waals surface area (Å²) in [6.07, 6.45) is 0. The van der Waals surface area contributed by atoms with Crippen LogP contribution in [0.15, 0.2) is 59.0 Å². The van der Waals surface area contributed by atoms with Gasteiger partial charge in [0.05, 0.1) is 25.6 Å². The van der Waals surface area contributed by atoms with Crippen LogP contribution >= 0.6 is 11.3 Å². The van der Waals surface area contributed by atoms with E-state index < -0.39 is 0 Å². The van der Waals surface area contributed by atoms with Gasteiger partial charge in [-0.05, 0) is 25.1 Å². The van der Waals surface area contributed by atoms with Gasteiger partial charge in [0.25, 0.3) is 0 Å². The predicted molar refractivity (Wildman–Crippen MR) is 103 cm³/mol. The molecule has 0 aliphatic carbocycles. The molecule has 0 aliphatic heterocycles. The third-order valence-corrected chi connectivity index (χ3v) is 4.44. The molecule has 0 unspecified atom stereocenters. The van der Waals surface area contributed by atoms with Gasteiger partial charge in [0, 0.05) is 16.5 Å². The van der Waals surface area contributed by atoms with E-state index in [2.05, 4.69) is 15.5 Å². The van der Waals surface area contributed by atoms with Crippen LogP contribution in [0.25, 0.3) is 11.3 Å². The highest BCUT2D eigenvalue weighted by molar-refractivity contribution is 7.14. The molecule has 128 valence electrons. The number of nitrogens with one attached hydrogen (secondary N) is 1. The number of benzene rings is 2. The number of hydrazone groups is 1. The van der Waals surface area contributed by atoms with Crippen molar-refractivity contribution < 1.29 is 9.47 Å². The van der Waals surface area contributed by atoms with Gasteiger partial charge in [-0.25, -0.2) is 4.98 Å². The standard InChI is InChI=1S/C19H19N3O2S/c1-13(15-9-10-17(23-2)18(11-15)24-3)21-22-19-20-16(12-25-19)14-7-5-4-6-8-14/h4-12H,1-3H3,(H,20,22)/b21-13-. The second kappa shape index (κ2) is 7.81. The van der Waals surface area contributed by atoms with E-state index in [1.54, 1.807) is 14.2 Å². The maximum absolute atomic E-state index is 5.33. The van der Waals surface area contributed by atoms with E-state index in [1.807, 2.05) is 60.8 Å².